The monoisotopic (exact) mass is 435 g/mol. The number of benzene rings is 1. The molecule has 172 valence electrons. The molecule has 1 heterocycles. The maximum Gasteiger partial charge on any atom is 0.412 e. The molecule has 1 fully saturated rings. The number of amides is 1. The van der Waals surface area contributed by atoms with Crippen LogP contribution in [0.3, 0.4) is 0 Å². The summed E-state index contributed by atoms with van der Waals surface area (Å²) < 4.78 is 21.6. The average molecular weight is 436 g/mol. The summed E-state index contributed by atoms with van der Waals surface area (Å²) in [5.74, 6) is -1.26. The third kappa shape index (κ3) is 5.01. The zero-order valence-corrected chi connectivity index (χ0v) is 19.2. The molecule has 0 bridgehead atoms. The van der Waals surface area contributed by atoms with Crippen LogP contribution in [0.1, 0.15) is 52.5 Å². The van der Waals surface area contributed by atoms with Gasteiger partial charge in [0.15, 0.2) is 5.54 Å². The molecule has 0 saturated carbocycles. The van der Waals surface area contributed by atoms with E-state index in [0.29, 0.717) is 0 Å². The Morgan fingerprint density at radius 3 is 2.03 bits per heavy atom. The maximum absolute atomic E-state index is 13.4. The van der Waals surface area contributed by atoms with E-state index in [1.807, 2.05) is 30.3 Å². The molecule has 1 saturated heterocycles. The highest BCUT2D eigenvalue weighted by Gasteiger charge is 2.65. The summed E-state index contributed by atoms with van der Waals surface area (Å²) in [4.78, 5) is 40.5. The van der Waals surface area contributed by atoms with Gasteiger partial charge in [-0.25, -0.2) is 14.4 Å². The molecule has 0 spiro atoms. The molecule has 1 aromatic rings. The van der Waals surface area contributed by atoms with Crippen LogP contribution < -0.4 is 0 Å². The number of esters is 2. The van der Waals surface area contributed by atoms with E-state index in [1.54, 1.807) is 27.7 Å². The summed E-state index contributed by atoms with van der Waals surface area (Å²) in [5.41, 5.74) is -2.79. The van der Waals surface area contributed by atoms with E-state index in [-0.39, 0.29) is 32.5 Å². The molecule has 0 aliphatic carbocycles. The first-order chi connectivity index (χ1) is 14.6. The van der Waals surface area contributed by atoms with Gasteiger partial charge in [0.25, 0.3) is 0 Å². The molecule has 1 amide bonds. The van der Waals surface area contributed by atoms with E-state index in [4.69, 9.17) is 18.9 Å². The summed E-state index contributed by atoms with van der Waals surface area (Å²) in [6, 6.07) is 9.46. The fraction of sp³-hybridized carbons (Fsp3) is 0.609. The predicted molar refractivity (Wildman–Crippen MR) is 113 cm³/mol. The van der Waals surface area contributed by atoms with Crippen molar-refractivity contribution in [2.45, 2.75) is 70.2 Å². The minimum absolute atomic E-state index is 0.146. The highest BCUT2D eigenvalue weighted by molar-refractivity contribution is 5.93. The predicted octanol–water partition coefficient (Wildman–Crippen LogP) is 3.47. The second kappa shape index (κ2) is 9.68. The van der Waals surface area contributed by atoms with Gasteiger partial charge in [-0.3, -0.25) is 4.90 Å². The lowest BCUT2D eigenvalue weighted by atomic mass is 9.93. The molecule has 1 aliphatic rings. The van der Waals surface area contributed by atoms with Gasteiger partial charge in [-0.2, -0.15) is 0 Å². The van der Waals surface area contributed by atoms with Crippen LogP contribution in [0.15, 0.2) is 30.3 Å². The number of hydrogen-bond donors (Lipinski definition) is 0. The third-order valence-corrected chi connectivity index (χ3v) is 5.55. The van der Waals surface area contributed by atoms with Crippen LogP contribution in [0.2, 0.25) is 0 Å². The Morgan fingerprint density at radius 2 is 1.52 bits per heavy atom. The summed E-state index contributed by atoms with van der Waals surface area (Å²) in [7, 11) is 2.51. The van der Waals surface area contributed by atoms with Crippen LogP contribution in [-0.4, -0.2) is 60.4 Å². The minimum Gasteiger partial charge on any atom is -0.467 e. The number of carbonyl (C=O) groups is 3. The van der Waals surface area contributed by atoms with Crippen LogP contribution in [0.4, 0.5) is 4.79 Å². The Balaban J connectivity index is 2.47. The number of methoxy groups -OCH3 is 2. The van der Waals surface area contributed by atoms with Crippen molar-refractivity contribution in [1.82, 2.24) is 4.90 Å². The zero-order chi connectivity index (χ0) is 23.3. The van der Waals surface area contributed by atoms with Gasteiger partial charge >= 0.3 is 18.0 Å². The van der Waals surface area contributed by atoms with E-state index in [0.717, 1.165) is 5.56 Å². The maximum atomic E-state index is 13.4. The van der Waals surface area contributed by atoms with Crippen LogP contribution in [0.5, 0.6) is 0 Å². The van der Waals surface area contributed by atoms with Gasteiger partial charge in [0.05, 0.1) is 27.4 Å². The molecular formula is C23H33NO7. The summed E-state index contributed by atoms with van der Waals surface area (Å²) in [5, 5.41) is 0. The van der Waals surface area contributed by atoms with Crippen LogP contribution >= 0.6 is 0 Å². The Kier molecular flexibility index (Phi) is 7.70. The van der Waals surface area contributed by atoms with E-state index in [9.17, 15) is 14.4 Å². The quantitative estimate of drug-likeness (QED) is 0.478. The van der Waals surface area contributed by atoms with Crippen molar-refractivity contribution in [2.24, 2.45) is 0 Å². The first-order valence-corrected chi connectivity index (χ1v) is 10.4. The van der Waals surface area contributed by atoms with Gasteiger partial charge in [0, 0.05) is 0 Å². The molecule has 8 heteroatoms. The van der Waals surface area contributed by atoms with Crippen LogP contribution in [-0.2, 0) is 35.1 Å². The highest BCUT2D eigenvalue weighted by Crippen LogP contribution is 2.46. The standard InChI is InChI=1S/C23H33NO7/c1-7-22(18(25)28-5)13-14-23(19(26)29-6,24(22)20(27)31-21(2,3)4)16-30-15-17-11-9-8-10-12-17/h8-12H,7,13-16H2,1-6H3. The molecular weight excluding hydrogens is 402 g/mol. The Labute approximate surface area is 183 Å². The van der Waals surface area contributed by atoms with Crippen LogP contribution in [0, 0.1) is 0 Å². The van der Waals surface area contributed by atoms with Gasteiger partial charge in [-0.1, -0.05) is 37.3 Å². The Bertz CT molecular complexity index is 789. The van der Waals surface area contributed by atoms with E-state index in [1.165, 1.54) is 19.1 Å². The van der Waals surface area contributed by atoms with Gasteiger partial charge < -0.3 is 18.9 Å². The van der Waals surface area contributed by atoms with Gasteiger partial charge in [0.2, 0.25) is 0 Å². The van der Waals surface area contributed by atoms with E-state index >= 15 is 0 Å². The fourth-order valence-electron chi connectivity index (χ4n) is 4.06. The van der Waals surface area contributed by atoms with Gasteiger partial charge in [0.1, 0.15) is 11.1 Å². The van der Waals surface area contributed by atoms with Crippen molar-refractivity contribution < 1.29 is 33.3 Å². The van der Waals surface area contributed by atoms with Crippen molar-refractivity contribution in [3.63, 3.8) is 0 Å². The number of carbonyl (C=O) groups excluding carboxylic acids is 3. The first-order valence-electron chi connectivity index (χ1n) is 10.4. The molecule has 8 nitrogen and oxygen atoms in total. The lowest BCUT2D eigenvalue weighted by Gasteiger charge is -2.43. The van der Waals surface area contributed by atoms with Crippen molar-refractivity contribution >= 4 is 18.0 Å². The second-order valence-electron chi connectivity index (χ2n) is 8.69. The molecule has 1 aromatic carbocycles. The molecule has 0 radical (unpaired) electrons. The van der Waals surface area contributed by atoms with Crippen LogP contribution in [0.25, 0.3) is 0 Å². The lowest BCUT2D eigenvalue weighted by molar-refractivity contribution is -0.168. The molecule has 31 heavy (non-hydrogen) atoms. The molecule has 2 unspecified atom stereocenters. The lowest BCUT2D eigenvalue weighted by Crippen LogP contribution is -2.65. The topological polar surface area (TPSA) is 91.4 Å². The largest absolute Gasteiger partial charge is 0.467 e. The summed E-state index contributed by atoms with van der Waals surface area (Å²) >= 11 is 0. The number of rotatable bonds is 7. The highest BCUT2D eigenvalue weighted by atomic mass is 16.6. The number of nitrogens with zero attached hydrogens (tertiary/aromatic N) is 1. The first kappa shape index (κ1) is 24.7. The number of ether oxygens (including phenoxy) is 4. The van der Waals surface area contributed by atoms with Crippen molar-refractivity contribution in [3.8, 4) is 0 Å². The second-order valence-corrected chi connectivity index (χ2v) is 8.69. The van der Waals surface area contributed by atoms with Gasteiger partial charge in [-0.15, -0.1) is 0 Å². The Morgan fingerprint density at radius 1 is 0.968 bits per heavy atom. The smallest absolute Gasteiger partial charge is 0.412 e. The fourth-order valence-corrected chi connectivity index (χ4v) is 4.06. The summed E-state index contributed by atoms with van der Waals surface area (Å²) in [6.07, 6.45) is -0.141. The zero-order valence-electron chi connectivity index (χ0n) is 19.2. The molecule has 1 aliphatic heterocycles. The molecule has 0 aromatic heterocycles. The molecule has 2 atom stereocenters. The number of likely N-dealkylation sites (tertiary alicyclic amines) is 1. The number of hydrogen-bond acceptors (Lipinski definition) is 7. The van der Waals surface area contributed by atoms with Crippen molar-refractivity contribution in [3.05, 3.63) is 35.9 Å². The van der Waals surface area contributed by atoms with Crippen molar-refractivity contribution in [2.75, 3.05) is 20.8 Å². The minimum atomic E-state index is -1.52. The average Bonchev–Trinajstić information content (AvgIpc) is 3.08. The van der Waals surface area contributed by atoms with Gasteiger partial charge in [-0.05, 0) is 45.6 Å². The normalized spacial score (nSPS) is 23.4. The van der Waals surface area contributed by atoms with E-state index in [2.05, 4.69) is 0 Å². The SMILES string of the molecule is CCC1(C(=O)OC)CCC(COCc2ccccc2)(C(=O)OC)N1C(=O)OC(C)(C)C. The van der Waals surface area contributed by atoms with E-state index < -0.39 is 34.7 Å². The molecule has 0 N–H and O–H groups in total. The third-order valence-electron chi connectivity index (χ3n) is 5.55. The van der Waals surface area contributed by atoms with Crippen molar-refractivity contribution in [1.29, 1.82) is 0 Å². The summed E-state index contributed by atoms with van der Waals surface area (Å²) in [6.45, 7) is 7.02. The molecule has 2 rings (SSSR count). The Hall–Kier alpha value is -2.61.